The smallest absolute Gasteiger partial charge is 0.242 e. The topological polar surface area (TPSA) is 84.5 Å². The number of likely N-dealkylation sites (N-methyl/N-ethyl adjacent to an activating group) is 1. The molecule has 2 N–H and O–H groups in total. The summed E-state index contributed by atoms with van der Waals surface area (Å²) in [6, 6.07) is 9.69. The summed E-state index contributed by atoms with van der Waals surface area (Å²) < 4.78 is 5.62. The summed E-state index contributed by atoms with van der Waals surface area (Å²) in [5.74, 6) is 0.255. The Bertz CT molecular complexity index is 848. The number of nitrogens with one attached hydrogen (secondary N) is 2. The molecule has 2 amide bonds. The standard InChI is InChI=1S/C29H44N2O4S/c1-21(32)36-26(15-14-22-10-6-4-7-11-22)29(18-16-24(35-3)17-19-29)28(34)31-25(27(33)30-2)20-23-12-8-5-9-13-23/h4,6-7,10-11,23-26H,5,8-9,12-20H2,1-3H3,(H,30,33)(H,31,34)/t24?,25-,26-,29?/m0/s1. The van der Waals surface area contributed by atoms with Crippen LogP contribution in [0.15, 0.2) is 30.3 Å². The molecule has 200 valence electrons. The molecule has 6 nitrogen and oxygen atoms in total. The molecule has 2 fully saturated rings. The van der Waals surface area contributed by atoms with Gasteiger partial charge in [0.25, 0.3) is 0 Å². The summed E-state index contributed by atoms with van der Waals surface area (Å²) in [7, 11) is 3.36. The number of benzene rings is 1. The SMILES string of the molecule is CNC(=O)[C@H](CC1CCCCC1)NC(=O)C1([C@H](CCc2ccccc2)SC(C)=O)CCC(OC)CC1. The molecule has 7 heteroatoms. The zero-order valence-electron chi connectivity index (χ0n) is 22.2. The van der Waals surface area contributed by atoms with Gasteiger partial charge in [-0.25, -0.2) is 0 Å². The molecular weight excluding hydrogens is 472 g/mol. The van der Waals surface area contributed by atoms with E-state index in [1.165, 1.54) is 36.6 Å². The molecule has 2 atom stereocenters. The number of rotatable bonds is 11. The maximum Gasteiger partial charge on any atom is 0.242 e. The van der Waals surface area contributed by atoms with Crippen molar-refractivity contribution < 1.29 is 19.1 Å². The number of amides is 2. The van der Waals surface area contributed by atoms with Gasteiger partial charge < -0.3 is 15.4 Å². The fraction of sp³-hybridized carbons (Fsp3) is 0.690. The van der Waals surface area contributed by atoms with E-state index in [0.717, 1.165) is 38.5 Å². The van der Waals surface area contributed by atoms with Crippen molar-refractivity contribution in [2.45, 2.75) is 101 Å². The predicted octanol–water partition coefficient (Wildman–Crippen LogP) is 5.04. The number of carbonyl (C=O) groups is 3. The Morgan fingerprint density at radius 2 is 1.72 bits per heavy atom. The summed E-state index contributed by atoms with van der Waals surface area (Å²) in [5, 5.41) is 5.83. The predicted molar refractivity (Wildman–Crippen MR) is 146 cm³/mol. The van der Waals surface area contributed by atoms with Gasteiger partial charge in [-0.2, -0.15) is 0 Å². The zero-order valence-corrected chi connectivity index (χ0v) is 23.0. The van der Waals surface area contributed by atoms with Gasteiger partial charge in [0.15, 0.2) is 5.12 Å². The van der Waals surface area contributed by atoms with Crippen LogP contribution >= 0.6 is 11.8 Å². The maximum absolute atomic E-state index is 14.2. The first-order valence-electron chi connectivity index (χ1n) is 13.6. The molecular formula is C29H44N2O4S. The Hall–Kier alpha value is -1.86. The van der Waals surface area contributed by atoms with Crippen molar-refractivity contribution in [3.05, 3.63) is 35.9 Å². The fourth-order valence-corrected chi connectivity index (χ4v) is 7.30. The lowest BCUT2D eigenvalue weighted by atomic mass is 9.68. The van der Waals surface area contributed by atoms with E-state index in [9.17, 15) is 14.4 Å². The van der Waals surface area contributed by atoms with Crippen molar-refractivity contribution in [2.24, 2.45) is 11.3 Å². The van der Waals surface area contributed by atoms with E-state index in [2.05, 4.69) is 22.8 Å². The summed E-state index contributed by atoms with van der Waals surface area (Å²) in [5.41, 5.74) is 0.493. The van der Waals surface area contributed by atoms with E-state index < -0.39 is 11.5 Å². The molecule has 2 aliphatic carbocycles. The van der Waals surface area contributed by atoms with Crippen LogP contribution in [0, 0.1) is 11.3 Å². The maximum atomic E-state index is 14.2. The lowest BCUT2D eigenvalue weighted by Crippen LogP contribution is -2.56. The number of ether oxygens (including phenoxy) is 1. The molecule has 0 radical (unpaired) electrons. The largest absolute Gasteiger partial charge is 0.381 e. The molecule has 0 aromatic heterocycles. The quantitative estimate of drug-likeness (QED) is 0.430. The van der Waals surface area contributed by atoms with Gasteiger partial charge in [0.1, 0.15) is 6.04 Å². The van der Waals surface area contributed by atoms with Crippen LogP contribution in [0.3, 0.4) is 0 Å². The summed E-state index contributed by atoms with van der Waals surface area (Å²) in [6.45, 7) is 1.59. The van der Waals surface area contributed by atoms with Gasteiger partial charge in [-0.05, 0) is 56.4 Å². The lowest BCUT2D eigenvalue weighted by molar-refractivity contribution is -0.138. The highest BCUT2D eigenvalue weighted by Crippen LogP contribution is 2.47. The van der Waals surface area contributed by atoms with Crippen molar-refractivity contribution in [1.82, 2.24) is 10.6 Å². The molecule has 0 spiro atoms. The highest BCUT2D eigenvalue weighted by molar-refractivity contribution is 8.14. The van der Waals surface area contributed by atoms with Crippen molar-refractivity contribution in [1.29, 1.82) is 0 Å². The van der Waals surface area contributed by atoms with Crippen LogP contribution in [-0.2, 0) is 25.5 Å². The molecule has 0 bridgehead atoms. The van der Waals surface area contributed by atoms with Gasteiger partial charge in [-0.15, -0.1) is 0 Å². The Labute approximate surface area is 221 Å². The van der Waals surface area contributed by atoms with E-state index >= 15 is 0 Å². The van der Waals surface area contributed by atoms with Gasteiger partial charge in [0, 0.05) is 26.3 Å². The number of thioether (sulfide) groups is 1. The first-order chi connectivity index (χ1) is 17.4. The van der Waals surface area contributed by atoms with Crippen LogP contribution in [0.1, 0.15) is 83.1 Å². The van der Waals surface area contributed by atoms with Crippen molar-refractivity contribution >= 4 is 28.7 Å². The molecule has 3 rings (SSSR count). The highest BCUT2D eigenvalue weighted by atomic mass is 32.2. The van der Waals surface area contributed by atoms with Crippen LogP contribution in [0.5, 0.6) is 0 Å². The minimum atomic E-state index is -0.709. The lowest BCUT2D eigenvalue weighted by Gasteiger charge is -2.44. The van der Waals surface area contributed by atoms with Crippen LogP contribution in [-0.4, -0.2) is 48.5 Å². The van der Waals surface area contributed by atoms with Gasteiger partial charge in [-0.1, -0.05) is 74.2 Å². The van der Waals surface area contributed by atoms with Crippen LogP contribution in [0.4, 0.5) is 0 Å². The molecule has 0 heterocycles. The third-order valence-corrected chi connectivity index (χ3v) is 9.54. The molecule has 2 saturated carbocycles. The molecule has 0 saturated heterocycles. The van der Waals surface area contributed by atoms with Crippen LogP contribution in [0.25, 0.3) is 0 Å². The molecule has 1 aromatic rings. The number of hydrogen-bond donors (Lipinski definition) is 2. The highest BCUT2D eigenvalue weighted by Gasteiger charge is 2.49. The summed E-state index contributed by atoms with van der Waals surface area (Å²) in [6.07, 6.45) is 11.1. The third-order valence-electron chi connectivity index (χ3n) is 8.23. The zero-order chi connectivity index (χ0) is 26.0. The molecule has 0 unspecified atom stereocenters. The molecule has 1 aromatic carbocycles. The van der Waals surface area contributed by atoms with E-state index in [4.69, 9.17) is 4.74 Å². The van der Waals surface area contributed by atoms with E-state index in [1.54, 1.807) is 21.1 Å². The van der Waals surface area contributed by atoms with Crippen LogP contribution in [0.2, 0.25) is 0 Å². The van der Waals surface area contributed by atoms with Gasteiger partial charge in [-0.3, -0.25) is 14.4 Å². The van der Waals surface area contributed by atoms with Crippen molar-refractivity contribution in [3.63, 3.8) is 0 Å². The minimum Gasteiger partial charge on any atom is -0.381 e. The van der Waals surface area contributed by atoms with Crippen molar-refractivity contribution in [3.8, 4) is 0 Å². The summed E-state index contributed by atoms with van der Waals surface area (Å²) >= 11 is 1.30. The second-order valence-corrected chi connectivity index (χ2v) is 12.0. The summed E-state index contributed by atoms with van der Waals surface area (Å²) in [4.78, 5) is 39.4. The average molecular weight is 517 g/mol. The van der Waals surface area contributed by atoms with Gasteiger partial charge in [0.2, 0.25) is 11.8 Å². The molecule has 0 aliphatic heterocycles. The number of aryl methyl sites for hydroxylation is 1. The Morgan fingerprint density at radius 1 is 1.06 bits per heavy atom. The molecule has 36 heavy (non-hydrogen) atoms. The van der Waals surface area contributed by atoms with E-state index in [-0.39, 0.29) is 28.3 Å². The van der Waals surface area contributed by atoms with Gasteiger partial charge >= 0.3 is 0 Å². The second kappa shape index (κ2) is 14.2. The number of hydrogen-bond acceptors (Lipinski definition) is 5. The number of methoxy groups -OCH3 is 1. The van der Waals surface area contributed by atoms with Gasteiger partial charge in [0.05, 0.1) is 11.5 Å². The Balaban J connectivity index is 1.84. The molecule has 2 aliphatic rings. The third kappa shape index (κ3) is 7.82. The van der Waals surface area contributed by atoms with Crippen molar-refractivity contribution in [2.75, 3.05) is 14.2 Å². The normalized spacial score (nSPS) is 24.5. The minimum absolute atomic E-state index is 0.0270. The van der Waals surface area contributed by atoms with Crippen LogP contribution < -0.4 is 10.6 Å². The van der Waals surface area contributed by atoms with E-state index in [1.807, 2.05) is 18.2 Å². The second-order valence-electron chi connectivity index (χ2n) is 10.6. The Kier molecular flexibility index (Phi) is 11.3. The average Bonchev–Trinajstić information content (AvgIpc) is 2.91. The fourth-order valence-electron chi connectivity index (χ4n) is 6.09. The Morgan fingerprint density at radius 3 is 2.31 bits per heavy atom. The monoisotopic (exact) mass is 516 g/mol. The first kappa shape index (κ1) is 28.7. The van der Waals surface area contributed by atoms with E-state index in [0.29, 0.717) is 25.2 Å². The first-order valence-corrected chi connectivity index (χ1v) is 14.5. The number of carbonyl (C=O) groups excluding carboxylic acids is 3.